The number of halogens is 1. The van der Waals surface area contributed by atoms with E-state index in [0.717, 1.165) is 29.6 Å². The Balaban J connectivity index is -0.0000000491. The molecule has 7 heteroatoms. The number of nitrogens with one attached hydrogen (secondary N) is 4. The molecule has 0 aromatic carbocycles. The SMILES string of the molecule is O.[F][Cr+2].[NH-]CCC[NH-].[NH-]CCC[NH-]. The fourth-order valence-electron chi connectivity index (χ4n) is 0.177. The molecular formula is C6H18CrFN4O-2. The zero-order valence-corrected chi connectivity index (χ0v) is 8.80. The summed E-state index contributed by atoms with van der Waals surface area (Å²) in [6.45, 7) is 1.62. The zero-order valence-electron chi connectivity index (χ0n) is 7.53. The van der Waals surface area contributed by atoms with Gasteiger partial charge in [0.25, 0.3) is 0 Å². The van der Waals surface area contributed by atoms with Gasteiger partial charge >= 0.3 is 20.3 Å². The van der Waals surface area contributed by atoms with Crippen molar-refractivity contribution in [2.24, 2.45) is 0 Å². The number of hydrogen-bond acceptors (Lipinski definition) is 0. The molecule has 0 atom stereocenters. The van der Waals surface area contributed by atoms with Gasteiger partial charge in [0, 0.05) is 0 Å². The summed E-state index contributed by atoms with van der Waals surface area (Å²) < 4.78 is 9.38. The van der Waals surface area contributed by atoms with Crippen LogP contribution in [0.3, 0.4) is 0 Å². The Morgan fingerprint density at radius 1 is 0.692 bits per heavy atom. The van der Waals surface area contributed by atoms with Crippen molar-refractivity contribution in [1.29, 1.82) is 0 Å². The predicted molar refractivity (Wildman–Crippen MR) is 50.7 cm³/mol. The van der Waals surface area contributed by atoms with Crippen LogP contribution in [0.15, 0.2) is 0 Å². The van der Waals surface area contributed by atoms with E-state index >= 15 is 0 Å². The third kappa shape index (κ3) is 71.1. The first-order valence-corrected chi connectivity index (χ1v) is 4.05. The predicted octanol–water partition coefficient (Wildman–Crippen LogP) is 2.55. The van der Waals surface area contributed by atoms with Gasteiger partial charge in [0.1, 0.15) is 0 Å². The minimum atomic E-state index is 0. The molecule has 0 amide bonds. The first kappa shape index (κ1) is 23.2. The summed E-state index contributed by atoms with van der Waals surface area (Å²) in [5, 5.41) is 0. The first-order valence-electron chi connectivity index (χ1n) is 3.57. The summed E-state index contributed by atoms with van der Waals surface area (Å²) in [7, 11) is 0. The van der Waals surface area contributed by atoms with Crippen molar-refractivity contribution in [3.8, 4) is 0 Å². The van der Waals surface area contributed by atoms with Gasteiger partial charge < -0.3 is 28.4 Å². The van der Waals surface area contributed by atoms with Gasteiger partial charge in [0.05, 0.1) is 0 Å². The van der Waals surface area contributed by atoms with Crippen LogP contribution in [-0.2, 0) is 16.7 Å². The Labute approximate surface area is 88.2 Å². The second kappa shape index (κ2) is 39.7. The largest absolute Gasteiger partial charge is 0.677 e. The van der Waals surface area contributed by atoms with Crippen LogP contribution in [0.2, 0.25) is 0 Å². The summed E-state index contributed by atoms with van der Waals surface area (Å²) in [5.74, 6) is 0. The van der Waals surface area contributed by atoms with Crippen molar-refractivity contribution in [1.82, 2.24) is 0 Å². The quantitative estimate of drug-likeness (QED) is 0.707. The monoisotopic (exact) mass is 233 g/mol. The molecule has 0 aliphatic heterocycles. The molecule has 0 radical (unpaired) electrons. The molecule has 5 nitrogen and oxygen atoms in total. The van der Waals surface area contributed by atoms with Crippen LogP contribution in [0.4, 0.5) is 3.52 Å². The van der Waals surface area contributed by atoms with Crippen LogP contribution in [0.5, 0.6) is 0 Å². The van der Waals surface area contributed by atoms with Crippen molar-refractivity contribution >= 4 is 0 Å². The fourth-order valence-corrected chi connectivity index (χ4v) is 0.177. The molecule has 0 spiro atoms. The topological polar surface area (TPSA) is 127 Å². The Kier molecular flexibility index (Phi) is 70.9. The summed E-state index contributed by atoms with van der Waals surface area (Å²) in [5.41, 5.74) is 25.9. The molecule has 83 valence electrons. The van der Waals surface area contributed by atoms with Gasteiger partial charge in [0.2, 0.25) is 0 Å². The second-order valence-corrected chi connectivity index (χ2v) is 1.71. The van der Waals surface area contributed by atoms with E-state index in [1.807, 2.05) is 0 Å². The summed E-state index contributed by atoms with van der Waals surface area (Å²) >= 11 is 1.12. The van der Waals surface area contributed by atoms with E-state index in [9.17, 15) is 3.52 Å². The Morgan fingerprint density at radius 2 is 0.846 bits per heavy atom. The molecule has 0 saturated carbocycles. The summed E-state index contributed by atoms with van der Waals surface area (Å²) in [6.07, 6.45) is 1.44. The average Bonchev–Trinajstić information content (AvgIpc) is 2.12. The van der Waals surface area contributed by atoms with Crippen molar-refractivity contribution in [2.45, 2.75) is 12.8 Å². The van der Waals surface area contributed by atoms with Gasteiger partial charge in [-0.2, -0.15) is 26.2 Å². The molecule has 0 aliphatic carbocycles. The maximum Gasteiger partial charge on any atom is -0.0916 e. The second-order valence-electron chi connectivity index (χ2n) is 1.71. The van der Waals surface area contributed by atoms with Crippen LogP contribution in [-0.4, -0.2) is 31.7 Å². The Hall–Kier alpha value is 0.262. The number of rotatable bonds is 4. The molecule has 0 fully saturated rings. The molecule has 6 N–H and O–H groups in total. The van der Waals surface area contributed by atoms with Gasteiger partial charge in [-0.3, -0.25) is 0 Å². The Bertz CT molecular complexity index is 45.6. The van der Waals surface area contributed by atoms with E-state index in [0.29, 0.717) is 26.2 Å². The molecule has 0 aromatic rings. The summed E-state index contributed by atoms with van der Waals surface area (Å²) in [4.78, 5) is 0. The molecular weight excluding hydrogens is 215 g/mol. The third-order valence-electron chi connectivity index (χ3n) is 0.707. The van der Waals surface area contributed by atoms with Gasteiger partial charge in [-0.05, 0) is 0 Å². The smallest absolute Gasteiger partial charge is 0.0916 e. The van der Waals surface area contributed by atoms with Crippen LogP contribution in [0.25, 0.3) is 22.9 Å². The van der Waals surface area contributed by atoms with Crippen molar-refractivity contribution < 1.29 is 25.8 Å². The minimum Gasteiger partial charge on any atom is -0.677 e. The number of hydrogen-bond donors (Lipinski definition) is 0. The van der Waals surface area contributed by atoms with E-state index in [-0.39, 0.29) is 5.48 Å². The van der Waals surface area contributed by atoms with E-state index in [1.165, 1.54) is 0 Å². The van der Waals surface area contributed by atoms with Crippen LogP contribution in [0.1, 0.15) is 12.8 Å². The molecule has 0 bridgehead atoms. The third-order valence-corrected chi connectivity index (χ3v) is 0.707. The van der Waals surface area contributed by atoms with E-state index in [1.54, 1.807) is 0 Å². The average molecular weight is 233 g/mol. The van der Waals surface area contributed by atoms with Crippen molar-refractivity contribution in [3.05, 3.63) is 22.9 Å². The molecule has 0 saturated heterocycles. The van der Waals surface area contributed by atoms with Crippen LogP contribution >= 0.6 is 0 Å². The van der Waals surface area contributed by atoms with E-state index < -0.39 is 0 Å². The summed E-state index contributed by atoms with van der Waals surface area (Å²) in [6, 6.07) is 0. The molecule has 0 unspecified atom stereocenters. The Morgan fingerprint density at radius 3 is 0.846 bits per heavy atom. The fraction of sp³-hybridized carbons (Fsp3) is 1.00. The maximum atomic E-state index is 9.38. The van der Waals surface area contributed by atoms with E-state index in [2.05, 4.69) is 0 Å². The van der Waals surface area contributed by atoms with Crippen LogP contribution < -0.4 is 0 Å². The van der Waals surface area contributed by atoms with Crippen molar-refractivity contribution in [3.63, 3.8) is 0 Å². The molecule has 0 rings (SSSR count). The minimum absolute atomic E-state index is 0. The molecule has 0 aromatic heterocycles. The van der Waals surface area contributed by atoms with Gasteiger partial charge in [-0.15, -0.1) is 0 Å². The molecule has 13 heavy (non-hydrogen) atoms. The van der Waals surface area contributed by atoms with E-state index in [4.69, 9.17) is 22.9 Å². The maximum absolute atomic E-state index is 9.38. The van der Waals surface area contributed by atoms with Gasteiger partial charge in [-0.25, -0.2) is 0 Å². The standard InChI is InChI=1S/2C3H8N2.Cr.FH.H2O/c2*4-2-1-3-5;;;/h2*4-5H,1-3H2;;1H;1H2/q2*-2;+3;;/p-1. The van der Waals surface area contributed by atoms with Gasteiger partial charge in [0.15, 0.2) is 0 Å². The van der Waals surface area contributed by atoms with Gasteiger partial charge in [-0.1, -0.05) is 12.8 Å². The van der Waals surface area contributed by atoms with Crippen molar-refractivity contribution in [2.75, 3.05) is 26.2 Å². The first-order chi connectivity index (χ1) is 5.83. The zero-order chi connectivity index (χ0) is 10.2. The normalized spacial score (nSPS) is 6.77. The van der Waals surface area contributed by atoms with Crippen LogP contribution in [0, 0.1) is 0 Å². The molecule has 0 aliphatic rings. The molecule has 0 heterocycles.